The second kappa shape index (κ2) is 4.20. The van der Waals surface area contributed by atoms with Gasteiger partial charge in [0.2, 0.25) is 5.78 Å². The molecule has 0 spiro atoms. The average molecular weight is 256 g/mol. The first-order chi connectivity index (χ1) is 7.59. The van der Waals surface area contributed by atoms with Gasteiger partial charge in [0.1, 0.15) is 0 Å². The lowest BCUT2D eigenvalue weighted by atomic mass is 10.1. The number of carbonyl (C=O) groups is 1. The molecule has 3 nitrogen and oxygen atoms in total. The lowest BCUT2D eigenvalue weighted by Crippen LogP contribution is -2.01. The Balaban J connectivity index is 2.46. The molecule has 0 unspecified atom stereocenters. The van der Waals surface area contributed by atoms with E-state index in [1.54, 1.807) is 12.1 Å². The fourth-order valence-corrected chi connectivity index (χ4v) is 1.63. The SMILES string of the molecule is Nc1cc(C(=O)c2ccco2)cc(Cl)c1Cl. The third kappa shape index (κ3) is 1.92. The molecular weight excluding hydrogens is 249 g/mol. The van der Waals surface area contributed by atoms with Crippen molar-refractivity contribution in [1.29, 1.82) is 0 Å². The van der Waals surface area contributed by atoms with Crippen LogP contribution in [0.3, 0.4) is 0 Å². The van der Waals surface area contributed by atoms with E-state index in [-0.39, 0.29) is 27.3 Å². The minimum absolute atomic E-state index is 0.234. The Bertz CT molecular complexity index is 512. The van der Waals surface area contributed by atoms with Crippen LogP contribution in [0.4, 0.5) is 5.69 Å². The van der Waals surface area contributed by atoms with Crippen LogP contribution in [0.25, 0.3) is 0 Å². The second-order valence-corrected chi connectivity index (χ2v) is 3.95. The molecule has 0 radical (unpaired) electrons. The molecule has 1 aromatic heterocycles. The van der Waals surface area contributed by atoms with Crippen molar-refractivity contribution in [3.05, 3.63) is 51.9 Å². The summed E-state index contributed by atoms with van der Waals surface area (Å²) >= 11 is 11.6. The molecule has 0 saturated carbocycles. The van der Waals surface area contributed by atoms with Gasteiger partial charge in [0.15, 0.2) is 5.76 Å². The number of nitrogen functional groups attached to an aromatic ring is 1. The number of furan rings is 1. The Labute approximate surface area is 102 Å². The number of hydrogen-bond acceptors (Lipinski definition) is 3. The van der Waals surface area contributed by atoms with Crippen LogP contribution in [0, 0.1) is 0 Å². The molecule has 0 aliphatic carbocycles. The molecule has 82 valence electrons. The Kier molecular flexibility index (Phi) is 2.90. The zero-order chi connectivity index (χ0) is 11.7. The van der Waals surface area contributed by atoms with E-state index in [4.69, 9.17) is 33.4 Å². The number of nitrogens with two attached hydrogens (primary N) is 1. The highest BCUT2D eigenvalue weighted by Gasteiger charge is 2.15. The normalized spacial score (nSPS) is 10.4. The van der Waals surface area contributed by atoms with E-state index in [9.17, 15) is 4.79 Å². The highest BCUT2D eigenvalue weighted by atomic mass is 35.5. The maximum absolute atomic E-state index is 11.9. The van der Waals surface area contributed by atoms with Crippen LogP contribution in [0.2, 0.25) is 10.0 Å². The summed E-state index contributed by atoms with van der Waals surface area (Å²) in [4.78, 5) is 11.9. The highest BCUT2D eigenvalue weighted by Crippen LogP contribution is 2.30. The van der Waals surface area contributed by atoms with Crippen LogP contribution >= 0.6 is 23.2 Å². The molecule has 1 aromatic carbocycles. The number of rotatable bonds is 2. The summed E-state index contributed by atoms with van der Waals surface area (Å²) in [7, 11) is 0. The first-order valence-electron chi connectivity index (χ1n) is 4.42. The minimum atomic E-state index is -0.282. The molecule has 2 rings (SSSR count). The van der Waals surface area contributed by atoms with Gasteiger partial charge in [-0.15, -0.1) is 0 Å². The van der Waals surface area contributed by atoms with Crippen LogP contribution < -0.4 is 5.73 Å². The van der Waals surface area contributed by atoms with Gasteiger partial charge in [0.05, 0.1) is 22.0 Å². The molecule has 0 aliphatic heterocycles. The molecule has 16 heavy (non-hydrogen) atoms. The highest BCUT2D eigenvalue weighted by molar-refractivity contribution is 6.44. The van der Waals surface area contributed by atoms with Crippen LogP contribution in [0.15, 0.2) is 34.9 Å². The summed E-state index contributed by atoms with van der Waals surface area (Å²) in [6.07, 6.45) is 1.42. The van der Waals surface area contributed by atoms with Crippen LogP contribution in [-0.4, -0.2) is 5.78 Å². The van der Waals surface area contributed by atoms with Gasteiger partial charge in [-0.2, -0.15) is 0 Å². The molecule has 0 fully saturated rings. The zero-order valence-corrected chi connectivity index (χ0v) is 9.55. The third-order valence-electron chi connectivity index (χ3n) is 2.06. The molecule has 0 amide bonds. The van der Waals surface area contributed by atoms with Crippen LogP contribution in [-0.2, 0) is 0 Å². The van der Waals surface area contributed by atoms with Crippen molar-refractivity contribution in [2.75, 3.05) is 5.73 Å². The molecule has 0 saturated heterocycles. The molecule has 2 aromatic rings. The maximum Gasteiger partial charge on any atom is 0.228 e. The van der Waals surface area contributed by atoms with Crippen molar-refractivity contribution in [3.8, 4) is 0 Å². The maximum atomic E-state index is 11.9. The Hall–Kier alpha value is -1.45. The first kappa shape index (κ1) is 11.0. The van der Waals surface area contributed by atoms with Gasteiger partial charge in [-0.1, -0.05) is 23.2 Å². The van der Waals surface area contributed by atoms with Gasteiger partial charge in [-0.3, -0.25) is 4.79 Å². The summed E-state index contributed by atoms with van der Waals surface area (Å²) in [6.45, 7) is 0. The van der Waals surface area contributed by atoms with E-state index in [2.05, 4.69) is 0 Å². The quantitative estimate of drug-likeness (QED) is 0.661. The van der Waals surface area contributed by atoms with E-state index in [1.807, 2.05) is 0 Å². The molecule has 0 bridgehead atoms. The Morgan fingerprint density at radius 2 is 2.06 bits per heavy atom. The van der Waals surface area contributed by atoms with Gasteiger partial charge in [0.25, 0.3) is 0 Å². The second-order valence-electron chi connectivity index (χ2n) is 3.17. The lowest BCUT2D eigenvalue weighted by Gasteiger charge is -2.04. The van der Waals surface area contributed by atoms with Gasteiger partial charge in [-0.05, 0) is 24.3 Å². The van der Waals surface area contributed by atoms with Crippen molar-refractivity contribution in [2.45, 2.75) is 0 Å². The molecule has 2 N–H and O–H groups in total. The monoisotopic (exact) mass is 255 g/mol. The smallest absolute Gasteiger partial charge is 0.228 e. The zero-order valence-electron chi connectivity index (χ0n) is 8.04. The summed E-state index contributed by atoms with van der Waals surface area (Å²) in [5.41, 5.74) is 6.23. The first-order valence-corrected chi connectivity index (χ1v) is 5.18. The number of halogens is 2. The predicted octanol–water partition coefficient (Wildman–Crippen LogP) is 3.40. The number of benzene rings is 1. The fourth-order valence-electron chi connectivity index (χ4n) is 1.29. The van der Waals surface area contributed by atoms with Crippen molar-refractivity contribution in [1.82, 2.24) is 0 Å². The molecule has 1 heterocycles. The standard InChI is InChI=1S/C11H7Cl2NO2/c12-7-4-6(5-8(14)10(7)13)11(15)9-2-1-3-16-9/h1-5H,14H2. The lowest BCUT2D eigenvalue weighted by molar-refractivity contribution is 0.101. The largest absolute Gasteiger partial charge is 0.461 e. The summed E-state index contributed by atoms with van der Waals surface area (Å²) < 4.78 is 4.99. The van der Waals surface area contributed by atoms with Crippen LogP contribution in [0.5, 0.6) is 0 Å². The number of ketones is 1. The van der Waals surface area contributed by atoms with Crippen molar-refractivity contribution < 1.29 is 9.21 Å². The number of carbonyl (C=O) groups excluding carboxylic acids is 1. The summed E-state index contributed by atoms with van der Waals surface area (Å²) in [6, 6.07) is 6.14. The fraction of sp³-hybridized carbons (Fsp3) is 0. The van der Waals surface area contributed by atoms with E-state index in [0.29, 0.717) is 5.56 Å². The summed E-state index contributed by atoms with van der Waals surface area (Å²) in [5, 5.41) is 0.495. The Morgan fingerprint density at radius 1 is 1.31 bits per heavy atom. The molecular formula is C11H7Cl2NO2. The van der Waals surface area contributed by atoms with Crippen LogP contribution in [0.1, 0.15) is 16.1 Å². The van der Waals surface area contributed by atoms with E-state index in [1.165, 1.54) is 18.4 Å². The van der Waals surface area contributed by atoms with Crippen molar-refractivity contribution in [2.24, 2.45) is 0 Å². The van der Waals surface area contributed by atoms with Gasteiger partial charge in [0, 0.05) is 5.56 Å². The van der Waals surface area contributed by atoms with E-state index < -0.39 is 0 Å². The topological polar surface area (TPSA) is 56.2 Å². The van der Waals surface area contributed by atoms with Gasteiger partial charge >= 0.3 is 0 Å². The minimum Gasteiger partial charge on any atom is -0.461 e. The third-order valence-corrected chi connectivity index (χ3v) is 2.88. The molecule has 5 heteroatoms. The molecule has 0 aliphatic rings. The van der Waals surface area contributed by atoms with Gasteiger partial charge < -0.3 is 10.2 Å². The Morgan fingerprint density at radius 3 is 2.62 bits per heavy atom. The predicted molar refractivity (Wildman–Crippen MR) is 63.0 cm³/mol. The molecule has 0 atom stereocenters. The van der Waals surface area contributed by atoms with E-state index >= 15 is 0 Å². The summed E-state index contributed by atoms with van der Waals surface area (Å²) in [5.74, 6) is -0.0481. The number of anilines is 1. The van der Waals surface area contributed by atoms with Gasteiger partial charge in [-0.25, -0.2) is 0 Å². The average Bonchev–Trinajstić information content (AvgIpc) is 2.77. The van der Waals surface area contributed by atoms with E-state index in [0.717, 1.165) is 0 Å². The van der Waals surface area contributed by atoms with Crippen molar-refractivity contribution >= 4 is 34.7 Å². The van der Waals surface area contributed by atoms with Crippen molar-refractivity contribution in [3.63, 3.8) is 0 Å². The number of hydrogen-bond donors (Lipinski definition) is 1.